The third kappa shape index (κ3) is 3.24. The van der Waals surface area contributed by atoms with Gasteiger partial charge in [0.25, 0.3) is 0 Å². The minimum atomic E-state index is -0.183. The summed E-state index contributed by atoms with van der Waals surface area (Å²) in [4.78, 5) is 13.1. The lowest BCUT2D eigenvalue weighted by Crippen LogP contribution is -2.25. The summed E-state index contributed by atoms with van der Waals surface area (Å²) < 4.78 is 5.32. The van der Waals surface area contributed by atoms with E-state index in [1.165, 1.54) is 4.90 Å². The first-order chi connectivity index (χ1) is 8.49. The second-order valence-electron chi connectivity index (χ2n) is 4.33. The van der Waals surface area contributed by atoms with E-state index in [0.29, 0.717) is 6.54 Å². The molecular weight excluding hydrogens is 228 g/mol. The van der Waals surface area contributed by atoms with Crippen molar-refractivity contribution in [2.24, 2.45) is 0 Å². The summed E-state index contributed by atoms with van der Waals surface area (Å²) in [5.41, 5.74) is 3.27. The molecule has 0 unspecified atom stereocenters. The summed E-state index contributed by atoms with van der Waals surface area (Å²) in [5, 5.41) is 8.51. The van der Waals surface area contributed by atoms with Crippen LogP contribution in [0.3, 0.4) is 0 Å². The fourth-order valence-corrected chi connectivity index (χ4v) is 1.71. The Morgan fingerprint density at radius 3 is 2.56 bits per heavy atom. The minimum Gasteiger partial charge on any atom is -0.496 e. The van der Waals surface area contributed by atoms with Gasteiger partial charge in [-0.2, -0.15) is 5.26 Å². The summed E-state index contributed by atoms with van der Waals surface area (Å²) in [6.07, 6.45) is -0.0936. The zero-order chi connectivity index (χ0) is 13.7. The molecular formula is C14H18N2O2. The lowest BCUT2D eigenvalue weighted by Gasteiger charge is -2.19. The lowest BCUT2D eigenvalue weighted by atomic mass is 10.0. The number of hydrogen-bond acceptors (Lipinski definition) is 3. The second kappa shape index (κ2) is 6.06. The molecule has 0 atom stereocenters. The summed E-state index contributed by atoms with van der Waals surface area (Å²) in [6, 6.07) is 5.84. The van der Waals surface area contributed by atoms with Crippen LogP contribution >= 0.6 is 0 Å². The molecule has 0 radical (unpaired) electrons. The lowest BCUT2D eigenvalue weighted by molar-refractivity contribution is -0.129. The molecule has 0 bridgehead atoms. The van der Waals surface area contributed by atoms with Gasteiger partial charge in [-0.15, -0.1) is 0 Å². The highest BCUT2D eigenvalue weighted by atomic mass is 16.5. The first-order valence-corrected chi connectivity index (χ1v) is 5.74. The molecule has 4 heteroatoms. The Morgan fingerprint density at radius 1 is 1.39 bits per heavy atom. The topological polar surface area (TPSA) is 53.3 Å². The Bertz CT molecular complexity index is 489. The van der Waals surface area contributed by atoms with E-state index >= 15 is 0 Å². The van der Waals surface area contributed by atoms with Crippen molar-refractivity contribution in [1.29, 1.82) is 5.26 Å². The SMILES string of the molecule is COc1cc(C)c(C)cc1CN(C)C(=O)CC#N. The summed E-state index contributed by atoms with van der Waals surface area (Å²) in [7, 11) is 3.30. The molecule has 1 rings (SSSR count). The van der Waals surface area contributed by atoms with E-state index < -0.39 is 0 Å². The summed E-state index contributed by atoms with van der Waals surface area (Å²) >= 11 is 0. The average molecular weight is 246 g/mol. The van der Waals surface area contributed by atoms with E-state index in [2.05, 4.69) is 0 Å². The van der Waals surface area contributed by atoms with E-state index in [1.807, 2.05) is 32.0 Å². The molecule has 0 fully saturated rings. The monoisotopic (exact) mass is 246 g/mol. The number of aryl methyl sites for hydroxylation is 2. The van der Waals surface area contributed by atoms with Gasteiger partial charge in [0.2, 0.25) is 5.91 Å². The summed E-state index contributed by atoms with van der Waals surface area (Å²) in [5.74, 6) is 0.590. The van der Waals surface area contributed by atoms with Crippen LogP contribution in [0.2, 0.25) is 0 Å². The van der Waals surface area contributed by atoms with Gasteiger partial charge in [0, 0.05) is 19.2 Å². The molecule has 96 valence electrons. The number of nitriles is 1. The van der Waals surface area contributed by atoms with Crippen LogP contribution in [0.4, 0.5) is 0 Å². The Balaban J connectivity index is 2.93. The van der Waals surface area contributed by atoms with Crippen molar-refractivity contribution in [3.8, 4) is 11.8 Å². The highest BCUT2D eigenvalue weighted by Gasteiger charge is 2.12. The second-order valence-corrected chi connectivity index (χ2v) is 4.33. The van der Waals surface area contributed by atoms with Crippen LogP contribution in [0.15, 0.2) is 12.1 Å². The molecule has 0 spiro atoms. The van der Waals surface area contributed by atoms with E-state index in [0.717, 1.165) is 22.4 Å². The van der Waals surface area contributed by atoms with Crippen molar-refractivity contribution in [2.75, 3.05) is 14.2 Å². The molecule has 0 aliphatic heterocycles. The van der Waals surface area contributed by atoms with Gasteiger partial charge in [-0.05, 0) is 31.0 Å². The molecule has 18 heavy (non-hydrogen) atoms. The molecule has 0 aliphatic rings. The minimum absolute atomic E-state index is 0.0936. The van der Waals surface area contributed by atoms with Gasteiger partial charge < -0.3 is 9.64 Å². The van der Waals surface area contributed by atoms with Crippen LogP contribution in [0.1, 0.15) is 23.1 Å². The fourth-order valence-electron chi connectivity index (χ4n) is 1.71. The molecule has 1 aromatic rings. The molecule has 1 amide bonds. The number of amides is 1. The number of methoxy groups -OCH3 is 1. The van der Waals surface area contributed by atoms with Crippen LogP contribution in [0, 0.1) is 25.2 Å². The molecule has 0 heterocycles. The van der Waals surface area contributed by atoms with Crippen LogP contribution in [-0.4, -0.2) is 25.0 Å². The quantitative estimate of drug-likeness (QED) is 0.818. The standard InChI is InChI=1S/C14H18N2O2/c1-10-7-12(13(18-4)8-11(10)2)9-16(3)14(17)5-6-15/h7-8H,5,9H2,1-4H3. The Hall–Kier alpha value is -2.02. The van der Waals surface area contributed by atoms with Crippen molar-refractivity contribution >= 4 is 5.91 Å². The maximum atomic E-state index is 11.6. The van der Waals surface area contributed by atoms with Crippen LogP contribution in [-0.2, 0) is 11.3 Å². The van der Waals surface area contributed by atoms with Crippen LogP contribution in [0.25, 0.3) is 0 Å². The maximum absolute atomic E-state index is 11.6. The van der Waals surface area contributed by atoms with Gasteiger partial charge in [0.1, 0.15) is 12.2 Å². The van der Waals surface area contributed by atoms with Gasteiger partial charge in [-0.1, -0.05) is 6.07 Å². The predicted octanol–water partition coefficient (Wildman–Crippen LogP) is 2.18. The van der Waals surface area contributed by atoms with Gasteiger partial charge in [-0.3, -0.25) is 4.79 Å². The Morgan fingerprint density at radius 2 is 2.00 bits per heavy atom. The van der Waals surface area contributed by atoms with Gasteiger partial charge >= 0.3 is 0 Å². The van der Waals surface area contributed by atoms with Crippen molar-refractivity contribution in [3.05, 3.63) is 28.8 Å². The first-order valence-electron chi connectivity index (χ1n) is 5.74. The number of ether oxygens (including phenoxy) is 1. The van der Waals surface area contributed by atoms with E-state index in [1.54, 1.807) is 14.2 Å². The molecule has 0 N–H and O–H groups in total. The largest absolute Gasteiger partial charge is 0.496 e. The average Bonchev–Trinajstić information content (AvgIpc) is 2.33. The maximum Gasteiger partial charge on any atom is 0.236 e. The molecule has 0 saturated carbocycles. The number of benzene rings is 1. The van der Waals surface area contributed by atoms with Gasteiger partial charge in [-0.25, -0.2) is 0 Å². The van der Waals surface area contributed by atoms with Crippen molar-refractivity contribution < 1.29 is 9.53 Å². The number of nitrogens with zero attached hydrogens (tertiary/aromatic N) is 2. The van der Waals surface area contributed by atoms with E-state index in [4.69, 9.17) is 10.00 Å². The predicted molar refractivity (Wildman–Crippen MR) is 69.2 cm³/mol. The number of carbonyl (C=O) groups excluding carboxylic acids is 1. The normalized spacial score (nSPS) is 9.72. The highest BCUT2D eigenvalue weighted by molar-refractivity contribution is 5.78. The molecule has 0 aromatic heterocycles. The molecule has 4 nitrogen and oxygen atoms in total. The van der Waals surface area contributed by atoms with Gasteiger partial charge in [0.05, 0.1) is 13.2 Å². The third-order valence-corrected chi connectivity index (χ3v) is 2.96. The fraction of sp³-hybridized carbons (Fsp3) is 0.429. The zero-order valence-electron chi connectivity index (χ0n) is 11.3. The molecule has 0 saturated heterocycles. The van der Waals surface area contributed by atoms with Crippen LogP contribution in [0.5, 0.6) is 5.75 Å². The van der Waals surface area contributed by atoms with E-state index in [-0.39, 0.29) is 12.3 Å². The Labute approximate surface area is 108 Å². The number of carbonyl (C=O) groups is 1. The molecule has 1 aromatic carbocycles. The van der Waals surface area contributed by atoms with Gasteiger partial charge in [0.15, 0.2) is 0 Å². The summed E-state index contributed by atoms with van der Waals surface area (Å²) in [6.45, 7) is 4.49. The first kappa shape index (κ1) is 14.0. The molecule has 0 aliphatic carbocycles. The van der Waals surface area contributed by atoms with E-state index in [9.17, 15) is 4.79 Å². The Kier molecular flexibility index (Phi) is 4.73. The smallest absolute Gasteiger partial charge is 0.236 e. The van der Waals surface area contributed by atoms with Crippen molar-refractivity contribution in [2.45, 2.75) is 26.8 Å². The van der Waals surface area contributed by atoms with Crippen molar-refractivity contribution in [3.63, 3.8) is 0 Å². The van der Waals surface area contributed by atoms with Crippen molar-refractivity contribution in [1.82, 2.24) is 4.90 Å². The zero-order valence-corrected chi connectivity index (χ0v) is 11.3. The third-order valence-electron chi connectivity index (χ3n) is 2.96. The van der Waals surface area contributed by atoms with Crippen LogP contribution < -0.4 is 4.74 Å². The number of hydrogen-bond donors (Lipinski definition) is 0. The number of rotatable bonds is 4. The highest BCUT2D eigenvalue weighted by Crippen LogP contribution is 2.24.